The molecule has 0 aliphatic carbocycles. The highest BCUT2D eigenvalue weighted by Crippen LogP contribution is 2.30. The van der Waals surface area contributed by atoms with Gasteiger partial charge in [-0.15, -0.1) is 0 Å². The first kappa shape index (κ1) is 21.5. The summed E-state index contributed by atoms with van der Waals surface area (Å²) in [6, 6.07) is 9.39. The van der Waals surface area contributed by atoms with Crippen molar-refractivity contribution in [1.29, 1.82) is 0 Å². The maximum absolute atomic E-state index is 13.9. The number of fused-ring (bicyclic) bond motifs is 1. The van der Waals surface area contributed by atoms with Gasteiger partial charge in [0.15, 0.2) is 0 Å². The first-order valence-electron chi connectivity index (χ1n) is 9.42. The fourth-order valence-electron chi connectivity index (χ4n) is 2.86. The maximum atomic E-state index is 13.9. The minimum Gasteiger partial charge on any atom is -0.371 e. The second-order valence-corrected chi connectivity index (χ2v) is 8.38. The molecule has 1 aliphatic rings. The summed E-state index contributed by atoms with van der Waals surface area (Å²) >= 11 is 7.47. The number of amides is 2. The summed E-state index contributed by atoms with van der Waals surface area (Å²) in [6.07, 6.45) is 0.840. The van der Waals surface area contributed by atoms with Crippen molar-refractivity contribution < 1.29 is 14.0 Å². The van der Waals surface area contributed by atoms with E-state index in [1.165, 1.54) is 17.8 Å². The van der Waals surface area contributed by atoms with Gasteiger partial charge in [0.05, 0.1) is 11.4 Å². The lowest BCUT2D eigenvalue weighted by Gasteiger charge is -2.27. The molecule has 0 fully saturated rings. The molecule has 0 saturated carbocycles. The quantitative estimate of drug-likeness (QED) is 0.591. The van der Waals surface area contributed by atoms with Crippen molar-refractivity contribution in [2.75, 3.05) is 16.4 Å². The van der Waals surface area contributed by atoms with Gasteiger partial charge in [-0.05, 0) is 43.7 Å². The third-order valence-corrected chi connectivity index (χ3v) is 6.18. The number of hydrogen-bond donors (Lipinski definition) is 3. The molecule has 0 radical (unpaired) electrons. The topological polar surface area (TPSA) is 70.2 Å². The van der Waals surface area contributed by atoms with Crippen LogP contribution in [0.3, 0.4) is 0 Å². The zero-order valence-electron chi connectivity index (χ0n) is 16.2. The molecule has 0 saturated heterocycles. The van der Waals surface area contributed by atoms with Gasteiger partial charge in [0.25, 0.3) is 5.91 Å². The summed E-state index contributed by atoms with van der Waals surface area (Å²) in [6.45, 7) is 3.94. The van der Waals surface area contributed by atoms with Gasteiger partial charge in [-0.1, -0.05) is 24.6 Å². The van der Waals surface area contributed by atoms with Crippen molar-refractivity contribution in [2.45, 2.75) is 38.1 Å². The second kappa shape index (κ2) is 9.50. The zero-order valence-corrected chi connectivity index (χ0v) is 17.8. The lowest BCUT2D eigenvalue weighted by Crippen LogP contribution is -2.41. The summed E-state index contributed by atoms with van der Waals surface area (Å²) in [5, 5.41) is 9.33. The van der Waals surface area contributed by atoms with Crippen molar-refractivity contribution in [3.05, 3.63) is 58.4 Å². The third-order valence-electron chi connectivity index (χ3n) is 4.77. The lowest BCUT2D eigenvalue weighted by atomic mass is 10.1. The second-order valence-electron chi connectivity index (χ2n) is 6.94. The van der Waals surface area contributed by atoms with E-state index in [1.807, 2.05) is 13.8 Å². The molecule has 2 aromatic carbocycles. The molecule has 154 valence electrons. The molecule has 2 aromatic rings. The fraction of sp³-hybridized carbons (Fsp3) is 0.333. The molecule has 1 aliphatic heterocycles. The van der Waals surface area contributed by atoms with Gasteiger partial charge in [0, 0.05) is 33.7 Å². The van der Waals surface area contributed by atoms with Crippen molar-refractivity contribution in [3.8, 4) is 0 Å². The number of nitrogens with one attached hydrogen (secondary N) is 3. The van der Waals surface area contributed by atoms with E-state index in [1.54, 1.807) is 30.3 Å². The molecule has 0 aromatic heterocycles. The highest BCUT2D eigenvalue weighted by atomic mass is 35.5. The first-order valence-corrected chi connectivity index (χ1v) is 10.9. The van der Waals surface area contributed by atoms with Crippen LogP contribution in [0, 0.1) is 5.82 Å². The standard InChI is InChI=1S/C21H23ClFN3O2S/c1-3-12(2)24-20(27)13-7-8-17-18(9-13)26-21(28)19(25-17)11-29-10-14-15(22)5-4-6-16(14)23/h4-9,12,19,25H,3,10-11H2,1-2H3,(H,24,27)(H,26,28). The number of thioether (sulfide) groups is 1. The Morgan fingerprint density at radius 3 is 2.83 bits per heavy atom. The Morgan fingerprint density at radius 1 is 1.31 bits per heavy atom. The largest absolute Gasteiger partial charge is 0.371 e. The van der Waals surface area contributed by atoms with Crippen molar-refractivity contribution in [3.63, 3.8) is 0 Å². The summed E-state index contributed by atoms with van der Waals surface area (Å²) in [7, 11) is 0. The number of anilines is 2. The van der Waals surface area contributed by atoms with E-state index in [9.17, 15) is 14.0 Å². The number of carbonyl (C=O) groups excluding carboxylic acids is 2. The average molecular weight is 436 g/mol. The van der Waals surface area contributed by atoms with Gasteiger partial charge in [-0.25, -0.2) is 4.39 Å². The van der Waals surface area contributed by atoms with Crippen molar-refractivity contribution in [1.82, 2.24) is 5.32 Å². The summed E-state index contributed by atoms with van der Waals surface area (Å²) in [5.41, 5.74) is 2.25. The molecule has 2 atom stereocenters. The van der Waals surface area contributed by atoms with Crippen LogP contribution < -0.4 is 16.0 Å². The summed E-state index contributed by atoms with van der Waals surface area (Å²) in [4.78, 5) is 24.7. The Hall–Kier alpha value is -2.25. The third kappa shape index (κ3) is 5.22. The van der Waals surface area contributed by atoms with Gasteiger partial charge < -0.3 is 16.0 Å². The fourth-order valence-corrected chi connectivity index (χ4v) is 4.26. The van der Waals surface area contributed by atoms with Crippen LogP contribution in [0.1, 0.15) is 36.2 Å². The Labute approximate surface area is 178 Å². The van der Waals surface area contributed by atoms with Crippen LogP contribution in [0.25, 0.3) is 0 Å². The molecule has 0 bridgehead atoms. The number of hydrogen-bond acceptors (Lipinski definition) is 4. The zero-order chi connectivity index (χ0) is 21.0. The smallest absolute Gasteiger partial charge is 0.251 e. The predicted octanol–water partition coefficient (Wildman–Crippen LogP) is 4.67. The van der Waals surface area contributed by atoms with Crippen LogP contribution in [-0.2, 0) is 10.5 Å². The van der Waals surface area contributed by atoms with Gasteiger partial charge in [-0.3, -0.25) is 9.59 Å². The molecule has 29 heavy (non-hydrogen) atoms. The number of benzene rings is 2. The molecule has 2 unspecified atom stereocenters. The van der Waals surface area contributed by atoms with E-state index in [4.69, 9.17) is 11.6 Å². The van der Waals surface area contributed by atoms with Crippen LogP contribution in [-0.4, -0.2) is 29.7 Å². The highest BCUT2D eigenvalue weighted by molar-refractivity contribution is 7.98. The number of carbonyl (C=O) groups is 2. The molecular weight excluding hydrogens is 413 g/mol. The molecule has 5 nitrogen and oxygen atoms in total. The summed E-state index contributed by atoms with van der Waals surface area (Å²) in [5.74, 6) is 0.115. The normalized spacial score (nSPS) is 16.4. The van der Waals surface area contributed by atoms with Gasteiger partial charge in [-0.2, -0.15) is 11.8 Å². The van der Waals surface area contributed by atoms with Gasteiger partial charge in [0.1, 0.15) is 11.9 Å². The first-order chi connectivity index (χ1) is 13.9. The monoisotopic (exact) mass is 435 g/mol. The Kier molecular flexibility index (Phi) is 7.03. The van der Waals surface area contributed by atoms with Gasteiger partial charge >= 0.3 is 0 Å². The highest BCUT2D eigenvalue weighted by Gasteiger charge is 2.26. The van der Waals surface area contributed by atoms with Crippen LogP contribution in [0.15, 0.2) is 36.4 Å². The van der Waals surface area contributed by atoms with E-state index in [-0.39, 0.29) is 23.7 Å². The van der Waals surface area contributed by atoms with Crippen LogP contribution in [0.4, 0.5) is 15.8 Å². The van der Waals surface area contributed by atoms with Crippen LogP contribution >= 0.6 is 23.4 Å². The minimum absolute atomic E-state index is 0.0793. The van der Waals surface area contributed by atoms with Crippen molar-refractivity contribution >= 4 is 46.6 Å². The van der Waals surface area contributed by atoms with Gasteiger partial charge in [0.2, 0.25) is 5.91 Å². The predicted molar refractivity (Wildman–Crippen MR) is 117 cm³/mol. The number of halogens is 2. The van der Waals surface area contributed by atoms with E-state index in [2.05, 4.69) is 16.0 Å². The molecule has 3 rings (SSSR count). The van der Waals surface area contributed by atoms with Crippen LogP contribution in [0.5, 0.6) is 0 Å². The molecule has 1 heterocycles. The lowest BCUT2D eigenvalue weighted by molar-refractivity contribution is -0.116. The average Bonchev–Trinajstić information content (AvgIpc) is 2.69. The Bertz CT molecular complexity index is 905. The summed E-state index contributed by atoms with van der Waals surface area (Å²) < 4.78 is 13.9. The molecule has 3 N–H and O–H groups in total. The van der Waals surface area contributed by atoms with E-state index in [0.717, 1.165) is 12.1 Å². The van der Waals surface area contributed by atoms with E-state index in [0.29, 0.717) is 33.3 Å². The molecular formula is C21H23ClFN3O2S. The van der Waals surface area contributed by atoms with E-state index >= 15 is 0 Å². The van der Waals surface area contributed by atoms with Crippen molar-refractivity contribution in [2.24, 2.45) is 0 Å². The van der Waals surface area contributed by atoms with E-state index < -0.39 is 6.04 Å². The SMILES string of the molecule is CCC(C)NC(=O)c1ccc2c(c1)NC(=O)C(CSCc1c(F)cccc1Cl)N2. The molecule has 0 spiro atoms. The van der Waals surface area contributed by atoms with Crippen LogP contribution in [0.2, 0.25) is 5.02 Å². The molecule has 2 amide bonds. The number of rotatable bonds is 7. The molecule has 8 heteroatoms. The Balaban J connectivity index is 1.62. The Morgan fingerprint density at radius 2 is 2.10 bits per heavy atom. The minimum atomic E-state index is -0.460. The maximum Gasteiger partial charge on any atom is 0.251 e.